The number of amides is 1. The average molecular weight is 427 g/mol. The number of hydrogen-bond donors (Lipinski definition) is 1. The molecule has 1 N–H and O–H groups in total. The highest BCUT2D eigenvalue weighted by Gasteiger charge is 2.18. The smallest absolute Gasteiger partial charge is 0.379 e. The minimum Gasteiger partial charge on any atom is -0.379 e. The number of nitrogens with one attached hydrogen (secondary N) is 1. The standard InChI is InChI=1S/C19H21N7O5/c27-18(19-21-16(23-31-19)13-25-6-5-17(22-25)26(28)29)20-11-14-1-3-15(4-2-14)12-24-7-9-30-10-8-24/h1-6H,7-13H2,(H,20,27). The molecule has 1 aromatic carbocycles. The zero-order valence-electron chi connectivity index (χ0n) is 16.6. The number of benzene rings is 1. The first-order chi connectivity index (χ1) is 15.1. The second kappa shape index (κ2) is 9.45. The summed E-state index contributed by atoms with van der Waals surface area (Å²) in [6, 6.07) is 9.30. The zero-order valence-corrected chi connectivity index (χ0v) is 16.6. The third-order valence-electron chi connectivity index (χ3n) is 4.77. The van der Waals surface area contributed by atoms with E-state index in [1.165, 1.54) is 22.5 Å². The number of nitro groups is 1. The molecule has 1 aliphatic heterocycles. The molecule has 2 aromatic heterocycles. The summed E-state index contributed by atoms with van der Waals surface area (Å²) in [7, 11) is 0. The molecular weight excluding hydrogens is 406 g/mol. The predicted octanol–water partition coefficient (Wildman–Crippen LogP) is 0.985. The molecule has 31 heavy (non-hydrogen) atoms. The Morgan fingerprint density at radius 3 is 2.58 bits per heavy atom. The second-order valence-electron chi connectivity index (χ2n) is 7.03. The zero-order chi connectivity index (χ0) is 21.6. The minimum absolute atomic E-state index is 0.0508. The van der Waals surface area contributed by atoms with E-state index in [-0.39, 0.29) is 24.1 Å². The lowest BCUT2D eigenvalue weighted by atomic mass is 10.1. The van der Waals surface area contributed by atoms with Gasteiger partial charge in [-0.25, -0.2) is 0 Å². The lowest BCUT2D eigenvalue weighted by Gasteiger charge is -2.26. The van der Waals surface area contributed by atoms with Crippen molar-refractivity contribution in [3.63, 3.8) is 0 Å². The van der Waals surface area contributed by atoms with Gasteiger partial charge in [0.2, 0.25) is 0 Å². The first-order valence-corrected chi connectivity index (χ1v) is 9.73. The minimum atomic E-state index is -0.596. The molecule has 3 heterocycles. The van der Waals surface area contributed by atoms with E-state index in [1.54, 1.807) is 0 Å². The van der Waals surface area contributed by atoms with E-state index in [9.17, 15) is 14.9 Å². The van der Waals surface area contributed by atoms with E-state index in [1.807, 2.05) is 24.3 Å². The van der Waals surface area contributed by atoms with Crippen molar-refractivity contribution in [3.05, 3.63) is 69.5 Å². The number of carbonyl (C=O) groups excluding carboxylic acids is 1. The summed E-state index contributed by atoms with van der Waals surface area (Å²) in [6.45, 7) is 4.64. The maximum atomic E-state index is 12.3. The Balaban J connectivity index is 1.27. The summed E-state index contributed by atoms with van der Waals surface area (Å²) in [4.78, 5) is 28.7. The Morgan fingerprint density at radius 1 is 1.13 bits per heavy atom. The van der Waals surface area contributed by atoms with Crippen molar-refractivity contribution in [3.8, 4) is 0 Å². The van der Waals surface area contributed by atoms with Crippen LogP contribution in [0, 0.1) is 10.1 Å². The molecule has 1 fully saturated rings. The normalized spacial score (nSPS) is 14.5. The Kier molecular flexibility index (Phi) is 6.29. The monoisotopic (exact) mass is 427 g/mol. The average Bonchev–Trinajstić information content (AvgIpc) is 3.44. The molecule has 0 bridgehead atoms. The van der Waals surface area contributed by atoms with Crippen LogP contribution in [0.15, 0.2) is 41.1 Å². The number of ether oxygens (including phenoxy) is 1. The van der Waals surface area contributed by atoms with Crippen LogP contribution in [-0.2, 0) is 24.4 Å². The molecule has 0 aliphatic carbocycles. The lowest BCUT2D eigenvalue weighted by Crippen LogP contribution is -2.35. The highest BCUT2D eigenvalue weighted by molar-refractivity contribution is 5.89. The topological polar surface area (TPSA) is 141 Å². The molecule has 1 amide bonds. The van der Waals surface area contributed by atoms with Gasteiger partial charge in [0, 0.05) is 26.2 Å². The fraction of sp³-hybridized carbons (Fsp3) is 0.368. The molecule has 1 saturated heterocycles. The van der Waals surface area contributed by atoms with Crippen molar-refractivity contribution in [1.82, 2.24) is 30.1 Å². The Labute approximate surface area is 176 Å². The summed E-state index contributed by atoms with van der Waals surface area (Å²) in [5, 5.41) is 20.9. The van der Waals surface area contributed by atoms with Crippen LogP contribution in [0.25, 0.3) is 0 Å². The molecule has 0 atom stereocenters. The highest BCUT2D eigenvalue weighted by Crippen LogP contribution is 2.10. The van der Waals surface area contributed by atoms with Crippen molar-refractivity contribution in [1.29, 1.82) is 0 Å². The Morgan fingerprint density at radius 2 is 1.87 bits per heavy atom. The van der Waals surface area contributed by atoms with E-state index in [0.717, 1.165) is 38.4 Å². The molecule has 0 saturated carbocycles. The quantitative estimate of drug-likeness (QED) is 0.411. The van der Waals surface area contributed by atoms with E-state index >= 15 is 0 Å². The number of morpholine rings is 1. The van der Waals surface area contributed by atoms with Crippen LogP contribution in [-0.4, -0.2) is 62.0 Å². The lowest BCUT2D eigenvalue weighted by molar-refractivity contribution is -0.389. The fourth-order valence-corrected chi connectivity index (χ4v) is 3.13. The summed E-state index contributed by atoms with van der Waals surface area (Å²) in [5.74, 6) is -0.767. The van der Waals surface area contributed by atoms with Crippen LogP contribution in [0.3, 0.4) is 0 Å². The summed E-state index contributed by atoms with van der Waals surface area (Å²) in [6.07, 6.45) is 1.43. The SMILES string of the molecule is O=C(NCc1ccc(CN2CCOCC2)cc1)c1nc(Cn2ccc([N+](=O)[O-])n2)no1. The number of aromatic nitrogens is 4. The molecule has 0 unspecified atom stereocenters. The second-order valence-corrected chi connectivity index (χ2v) is 7.03. The number of carbonyl (C=O) groups is 1. The van der Waals surface area contributed by atoms with E-state index in [4.69, 9.17) is 9.26 Å². The molecule has 12 heteroatoms. The largest absolute Gasteiger partial charge is 0.389 e. The molecule has 4 rings (SSSR count). The van der Waals surface area contributed by atoms with Gasteiger partial charge in [0.15, 0.2) is 5.82 Å². The third-order valence-corrected chi connectivity index (χ3v) is 4.77. The molecule has 0 spiro atoms. The van der Waals surface area contributed by atoms with Crippen LogP contribution < -0.4 is 5.32 Å². The number of rotatable bonds is 8. The molecule has 162 valence electrons. The maximum Gasteiger partial charge on any atom is 0.389 e. The first-order valence-electron chi connectivity index (χ1n) is 9.73. The van der Waals surface area contributed by atoms with Gasteiger partial charge in [0.25, 0.3) is 0 Å². The van der Waals surface area contributed by atoms with Crippen molar-refractivity contribution < 1.29 is 19.0 Å². The molecule has 3 aromatic rings. The van der Waals surface area contributed by atoms with Gasteiger partial charge in [-0.15, -0.1) is 0 Å². The first kappa shape index (κ1) is 20.6. The maximum absolute atomic E-state index is 12.3. The van der Waals surface area contributed by atoms with Crippen LogP contribution in [0.4, 0.5) is 5.82 Å². The number of hydrogen-bond acceptors (Lipinski definition) is 9. The van der Waals surface area contributed by atoms with Crippen LogP contribution >= 0.6 is 0 Å². The van der Waals surface area contributed by atoms with Crippen molar-refractivity contribution in [2.24, 2.45) is 0 Å². The Bertz CT molecular complexity index is 1040. The summed E-state index contributed by atoms with van der Waals surface area (Å²) in [5.41, 5.74) is 2.15. The van der Waals surface area contributed by atoms with Gasteiger partial charge in [0.1, 0.15) is 6.54 Å². The fourth-order valence-electron chi connectivity index (χ4n) is 3.13. The third kappa shape index (κ3) is 5.49. The van der Waals surface area contributed by atoms with Crippen LogP contribution in [0.1, 0.15) is 27.6 Å². The predicted molar refractivity (Wildman–Crippen MR) is 106 cm³/mol. The van der Waals surface area contributed by atoms with Gasteiger partial charge in [-0.3, -0.25) is 9.69 Å². The van der Waals surface area contributed by atoms with E-state index in [2.05, 4.69) is 25.5 Å². The van der Waals surface area contributed by atoms with Crippen molar-refractivity contribution in [2.45, 2.75) is 19.6 Å². The van der Waals surface area contributed by atoms with Crippen molar-refractivity contribution >= 4 is 11.7 Å². The van der Waals surface area contributed by atoms with Gasteiger partial charge in [-0.1, -0.05) is 29.4 Å². The number of nitrogens with zero attached hydrogens (tertiary/aromatic N) is 6. The van der Waals surface area contributed by atoms with Gasteiger partial charge in [-0.05, 0) is 16.1 Å². The summed E-state index contributed by atoms with van der Waals surface area (Å²) < 4.78 is 11.6. The van der Waals surface area contributed by atoms with Crippen molar-refractivity contribution in [2.75, 3.05) is 26.3 Å². The van der Waals surface area contributed by atoms with Gasteiger partial charge in [-0.2, -0.15) is 9.67 Å². The molecule has 0 radical (unpaired) electrons. The van der Waals surface area contributed by atoms with Gasteiger partial charge >= 0.3 is 17.6 Å². The molecular formula is C19H21N7O5. The molecule has 1 aliphatic rings. The highest BCUT2D eigenvalue weighted by atomic mass is 16.6. The van der Waals surface area contributed by atoms with E-state index in [0.29, 0.717) is 6.54 Å². The van der Waals surface area contributed by atoms with Crippen LogP contribution in [0.5, 0.6) is 0 Å². The van der Waals surface area contributed by atoms with Gasteiger partial charge < -0.3 is 24.7 Å². The van der Waals surface area contributed by atoms with Gasteiger partial charge in [0.05, 0.1) is 30.6 Å². The Hall–Kier alpha value is -3.64. The summed E-state index contributed by atoms with van der Waals surface area (Å²) >= 11 is 0. The van der Waals surface area contributed by atoms with Crippen LogP contribution in [0.2, 0.25) is 0 Å². The van der Waals surface area contributed by atoms with E-state index < -0.39 is 10.8 Å². The molecule has 12 nitrogen and oxygen atoms in total.